The zero-order chi connectivity index (χ0) is 15.1. The van der Waals surface area contributed by atoms with Gasteiger partial charge in [-0.25, -0.2) is 9.78 Å². The van der Waals surface area contributed by atoms with E-state index in [9.17, 15) is 4.79 Å². The molecule has 0 fully saturated rings. The molecular formula is C16H19N3O2. The number of nitrogens with zero attached hydrogens (tertiary/aromatic N) is 1. The van der Waals surface area contributed by atoms with Crippen LogP contribution in [-0.2, 0) is 17.9 Å². The number of carbonyl (C=O) groups excluding carboxylic acids is 1. The minimum absolute atomic E-state index is 0.277. The molecule has 0 aliphatic rings. The topological polar surface area (TPSA) is 63.2 Å². The minimum atomic E-state index is -0.277. The van der Waals surface area contributed by atoms with Crippen LogP contribution in [0.5, 0.6) is 0 Å². The predicted octanol–water partition coefficient (Wildman–Crippen LogP) is 2.86. The van der Waals surface area contributed by atoms with E-state index in [4.69, 9.17) is 4.74 Å². The zero-order valence-corrected chi connectivity index (χ0v) is 12.2. The smallest absolute Gasteiger partial charge is 0.320 e. The third kappa shape index (κ3) is 4.57. The summed E-state index contributed by atoms with van der Waals surface area (Å²) in [5.41, 5.74) is 3.14. The lowest BCUT2D eigenvalue weighted by atomic mass is 10.1. The first-order valence-electron chi connectivity index (χ1n) is 6.72. The lowest BCUT2D eigenvalue weighted by molar-refractivity contribution is 0.184. The Morgan fingerprint density at radius 3 is 2.71 bits per heavy atom. The Kier molecular flexibility index (Phi) is 5.29. The van der Waals surface area contributed by atoms with E-state index in [0.717, 1.165) is 16.7 Å². The van der Waals surface area contributed by atoms with E-state index in [0.29, 0.717) is 19.0 Å². The Bertz CT molecular complexity index is 614. The normalized spacial score (nSPS) is 10.2. The van der Waals surface area contributed by atoms with Crippen LogP contribution in [0.4, 0.5) is 10.6 Å². The maximum absolute atomic E-state index is 11.9. The molecule has 5 heteroatoms. The molecule has 1 heterocycles. The Balaban J connectivity index is 1.92. The van der Waals surface area contributed by atoms with E-state index in [-0.39, 0.29) is 6.03 Å². The molecule has 0 aliphatic heterocycles. The first-order chi connectivity index (χ1) is 10.2. The largest absolute Gasteiger partial charge is 0.380 e. The fraction of sp³-hybridized carbons (Fsp3) is 0.250. The van der Waals surface area contributed by atoms with Crippen LogP contribution in [0.15, 0.2) is 42.6 Å². The number of hydrogen-bond donors (Lipinski definition) is 2. The number of aryl methyl sites for hydroxylation is 1. The number of nitrogens with one attached hydrogen (secondary N) is 2. The van der Waals surface area contributed by atoms with E-state index < -0.39 is 0 Å². The van der Waals surface area contributed by atoms with Gasteiger partial charge >= 0.3 is 6.03 Å². The number of anilines is 1. The van der Waals surface area contributed by atoms with Gasteiger partial charge in [0.1, 0.15) is 5.82 Å². The standard InChI is InChI=1S/C16H19N3O2/c1-12-7-8-17-15(9-12)19-16(20)18-10-13-5-3-4-6-14(13)11-21-2/h3-9H,10-11H2,1-2H3,(H2,17,18,19,20). The van der Waals surface area contributed by atoms with Crippen LogP contribution in [-0.4, -0.2) is 18.1 Å². The Labute approximate surface area is 124 Å². The van der Waals surface area contributed by atoms with Gasteiger partial charge in [0.05, 0.1) is 6.61 Å². The number of amides is 2. The first kappa shape index (κ1) is 15.0. The molecule has 110 valence electrons. The number of benzene rings is 1. The molecule has 0 bridgehead atoms. The molecular weight excluding hydrogens is 266 g/mol. The van der Waals surface area contributed by atoms with E-state index in [2.05, 4.69) is 15.6 Å². The highest BCUT2D eigenvalue weighted by Gasteiger charge is 2.05. The maximum Gasteiger partial charge on any atom is 0.320 e. The van der Waals surface area contributed by atoms with Crippen LogP contribution in [0.2, 0.25) is 0 Å². The van der Waals surface area contributed by atoms with Gasteiger partial charge in [-0.1, -0.05) is 24.3 Å². The summed E-state index contributed by atoms with van der Waals surface area (Å²) in [6, 6.07) is 11.3. The number of methoxy groups -OCH3 is 1. The molecule has 0 atom stereocenters. The van der Waals surface area contributed by atoms with Gasteiger partial charge in [0.2, 0.25) is 0 Å². The Morgan fingerprint density at radius 1 is 1.24 bits per heavy atom. The van der Waals surface area contributed by atoms with Crippen molar-refractivity contribution < 1.29 is 9.53 Å². The predicted molar refractivity (Wildman–Crippen MR) is 82.0 cm³/mol. The number of ether oxygens (including phenoxy) is 1. The maximum atomic E-state index is 11.9. The van der Waals surface area contributed by atoms with Crippen LogP contribution >= 0.6 is 0 Å². The number of pyridine rings is 1. The number of aromatic nitrogens is 1. The number of hydrogen-bond acceptors (Lipinski definition) is 3. The molecule has 0 unspecified atom stereocenters. The minimum Gasteiger partial charge on any atom is -0.380 e. The third-order valence-electron chi connectivity index (χ3n) is 3.01. The fourth-order valence-corrected chi connectivity index (χ4v) is 1.97. The molecule has 2 aromatic rings. The highest BCUT2D eigenvalue weighted by atomic mass is 16.5. The van der Waals surface area contributed by atoms with Gasteiger partial charge in [-0.2, -0.15) is 0 Å². The van der Waals surface area contributed by atoms with Crippen molar-refractivity contribution in [3.8, 4) is 0 Å². The molecule has 21 heavy (non-hydrogen) atoms. The van der Waals surface area contributed by atoms with Crippen LogP contribution in [0.1, 0.15) is 16.7 Å². The first-order valence-corrected chi connectivity index (χ1v) is 6.72. The molecule has 2 amide bonds. The second kappa shape index (κ2) is 7.40. The van der Waals surface area contributed by atoms with Crippen LogP contribution in [0.3, 0.4) is 0 Å². The highest BCUT2D eigenvalue weighted by Crippen LogP contribution is 2.10. The van der Waals surface area contributed by atoms with Crippen molar-refractivity contribution in [2.75, 3.05) is 12.4 Å². The highest BCUT2D eigenvalue weighted by molar-refractivity contribution is 5.88. The van der Waals surface area contributed by atoms with E-state index in [1.807, 2.05) is 43.3 Å². The summed E-state index contributed by atoms with van der Waals surface area (Å²) in [4.78, 5) is 16.0. The number of rotatable bonds is 5. The lowest BCUT2D eigenvalue weighted by Crippen LogP contribution is -2.29. The molecule has 0 aliphatic carbocycles. The van der Waals surface area contributed by atoms with E-state index in [1.54, 1.807) is 13.3 Å². The Hall–Kier alpha value is -2.40. The fourth-order valence-electron chi connectivity index (χ4n) is 1.97. The lowest BCUT2D eigenvalue weighted by Gasteiger charge is -2.11. The average Bonchev–Trinajstić information content (AvgIpc) is 2.47. The summed E-state index contributed by atoms with van der Waals surface area (Å²) in [7, 11) is 1.65. The van der Waals surface area contributed by atoms with Crippen molar-refractivity contribution in [1.29, 1.82) is 0 Å². The van der Waals surface area contributed by atoms with Crippen molar-refractivity contribution in [3.05, 3.63) is 59.3 Å². The molecule has 2 N–H and O–H groups in total. The van der Waals surface area contributed by atoms with Crippen LogP contribution in [0, 0.1) is 6.92 Å². The third-order valence-corrected chi connectivity index (χ3v) is 3.01. The molecule has 0 saturated heterocycles. The Morgan fingerprint density at radius 2 is 2.00 bits per heavy atom. The van der Waals surface area contributed by atoms with Crippen molar-refractivity contribution in [2.45, 2.75) is 20.1 Å². The number of urea groups is 1. The van der Waals surface area contributed by atoms with E-state index >= 15 is 0 Å². The molecule has 2 rings (SSSR count). The van der Waals surface area contributed by atoms with Crippen molar-refractivity contribution in [2.24, 2.45) is 0 Å². The van der Waals surface area contributed by atoms with E-state index in [1.165, 1.54) is 0 Å². The monoisotopic (exact) mass is 285 g/mol. The zero-order valence-electron chi connectivity index (χ0n) is 12.2. The van der Waals surface area contributed by atoms with Crippen LogP contribution in [0.25, 0.3) is 0 Å². The van der Waals surface area contributed by atoms with Gasteiger partial charge in [0, 0.05) is 19.9 Å². The summed E-state index contributed by atoms with van der Waals surface area (Å²) >= 11 is 0. The SMILES string of the molecule is COCc1ccccc1CNC(=O)Nc1cc(C)ccn1. The molecule has 0 radical (unpaired) electrons. The van der Waals surface area contributed by atoms with Crippen LogP contribution < -0.4 is 10.6 Å². The van der Waals surface area contributed by atoms with Gasteiger partial charge in [-0.05, 0) is 35.7 Å². The van der Waals surface area contributed by atoms with Crippen molar-refractivity contribution >= 4 is 11.8 Å². The molecule has 5 nitrogen and oxygen atoms in total. The quantitative estimate of drug-likeness (QED) is 0.888. The van der Waals surface area contributed by atoms with Gasteiger partial charge < -0.3 is 10.1 Å². The summed E-state index contributed by atoms with van der Waals surface area (Å²) in [5, 5.41) is 5.53. The summed E-state index contributed by atoms with van der Waals surface area (Å²) in [6.07, 6.45) is 1.67. The molecule has 0 saturated carbocycles. The molecule has 1 aromatic heterocycles. The molecule has 0 spiro atoms. The van der Waals surface area contributed by atoms with Gasteiger partial charge in [0.25, 0.3) is 0 Å². The average molecular weight is 285 g/mol. The molecule has 1 aromatic carbocycles. The summed E-state index contributed by atoms with van der Waals surface area (Å²) in [5.74, 6) is 0.540. The van der Waals surface area contributed by atoms with Crippen molar-refractivity contribution in [1.82, 2.24) is 10.3 Å². The second-order valence-electron chi connectivity index (χ2n) is 4.73. The van der Waals surface area contributed by atoms with Gasteiger partial charge in [-0.3, -0.25) is 5.32 Å². The number of carbonyl (C=O) groups is 1. The second-order valence-corrected chi connectivity index (χ2v) is 4.73. The summed E-state index contributed by atoms with van der Waals surface area (Å²) in [6.45, 7) is 2.92. The van der Waals surface area contributed by atoms with Crippen molar-refractivity contribution in [3.63, 3.8) is 0 Å². The van der Waals surface area contributed by atoms with Gasteiger partial charge in [0.15, 0.2) is 0 Å². The van der Waals surface area contributed by atoms with Gasteiger partial charge in [-0.15, -0.1) is 0 Å². The summed E-state index contributed by atoms with van der Waals surface area (Å²) < 4.78 is 5.15.